The third-order valence-electron chi connectivity index (χ3n) is 3.85. The van der Waals surface area contributed by atoms with Gasteiger partial charge in [0.05, 0.1) is 0 Å². The van der Waals surface area contributed by atoms with E-state index in [2.05, 4.69) is 12.0 Å². The third kappa shape index (κ3) is 13.8. The number of nitrogens with zero attached hydrogens (tertiary/aromatic N) is 2. The van der Waals surface area contributed by atoms with Gasteiger partial charge in [0.1, 0.15) is 0 Å². The van der Waals surface area contributed by atoms with Gasteiger partial charge in [0.15, 0.2) is 0 Å². The molecule has 0 aliphatic rings. The minimum absolute atomic E-state index is 0.0769. The summed E-state index contributed by atoms with van der Waals surface area (Å²) in [6, 6.07) is 0. The van der Waals surface area contributed by atoms with Gasteiger partial charge in [-0.25, -0.2) is 4.79 Å². The van der Waals surface area contributed by atoms with Gasteiger partial charge in [-0.1, -0.05) is 94.2 Å². The smallest absolute Gasteiger partial charge is 0.269 e. The molecular weight excluding hydrogens is 280 g/mol. The maximum absolute atomic E-state index is 11.2. The Balaban J connectivity index is 3.20. The largest absolute Gasteiger partial charge is 0.270 e. The Labute approximate surface area is 134 Å². The number of unbranched alkanes of at least 4 members (excludes halogenated alkanes) is 12. The zero-order valence-electron chi connectivity index (χ0n) is 14.1. The summed E-state index contributed by atoms with van der Waals surface area (Å²) >= 11 is 0. The first-order valence-electron chi connectivity index (χ1n) is 8.82. The molecule has 0 aromatic carbocycles. The highest BCUT2D eigenvalue weighted by atomic mass is 16.5. The number of isocyanates is 1. The fraction of sp³-hybridized carbons (Fsp3) is 0.882. The molecule has 5 nitrogen and oxygen atoms in total. The molecule has 0 heterocycles. The minimum Gasteiger partial charge on any atom is -0.270 e. The molecule has 0 radical (unpaired) electrons. The predicted octanol–water partition coefficient (Wildman–Crippen LogP) is 4.94. The first-order valence-corrected chi connectivity index (χ1v) is 8.82. The van der Waals surface area contributed by atoms with Crippen LogP contribution in [0.1, 0.15) is 96.8 Å². The van der Waals surface area contributed by atoms with Crippen LogP contribution in [-0.2, 0) is 9.59 Å². The molecule has 0 aliphatic heterocycles. The number of amides is 1. The first-order chi connectivity index (χ1) is 10.7. The van der Waals surface area contributed by atoms with E-state index < -0.39 is 5.91 Å². The molecule has 0 aromatic heterocycles. The number of carbonyl (C=O) groups excluding carboxylic acids is 2. The second-order valence-corrected chi connectivity index (χ2v) is 5.87. The van der Waals surface area contributed by atoms with Crippen molar-refractivity contribution in [2.75, 3.05) is 0 Å². The second kappa shape index (κ2) is 16.2. The summed E-state index contributed by atoms with van der Waals surface area (Å²) in [6.07, 6.45) is 17.5. The number of hydrazone groups is 1. The SMILES string of the molecule is CCCCCCCCCCCCCCCC(=O)N(O)N=C=O. The van der Waals surface area contributed by atoms with Crippen LogP contribution in [0.2, 0.25) is 0 Å². The van der Waals surface area contributed by atoms with Gasteiger partial charge in [-0.3, -0.25) is 10.0 Å². The van der Waals surface area contributed by atoms with E-state index in [1.165, 1.54) is 64.2 Å². The van der Waals surface area contributed by atoms with Gasteiger partial charge in [0.2, 0.25) is 0 Å². The van der Waals surface area contributed by atoms with Crippen LogP contribution < -0.4 is 0 Å². The Hall–Kier alpha value is -1.19. The van der Waals surface area contributed by atoms with Gasteiger partial charge in [-0.15, -0.1) is 0 Å². The van der Waals surface area contributed by atoms with Crippen LogP contribution in [0.15, 0.2) is 5.10 Å². The van der Waals surface area contributed by atoms with Crippen LogP contribution in [0.25, 0.3) is 0 Å². The molecule has 0 rings (SSSR count). The van der Waals surface area contributed by atoms with Crippen molar-refractivity contribution in [2.45, 2.75) is 96.8 Å². The number of hydroxylamine groups is 1. The van der Waals surface area contributed by atoms with Crippen molar-refractivity contribution < 1.29 is 14.8 Å². The van der Waals surface area contributed by atoms with Crippen LogP contribution in [0.4, 0.5) is 0 Å². The quantitative estimate of drug-likeness (QED) is 0.153. The van der Waals surface area contributed by atoms with E-state index in [0.29, 0.717) is 0 Å². The molecular formula is C17H32N2O3. The Morgan fingerprint density at radius 3 is 1.68 bits per heavy atom. The normalized spacial score (nSPS) is 10.3. The lowest BCUT2D eigenvalue weighted by Crippen LogP contribution is -2.20. The van der Waals surface area contributed by atoms with Gasteiger partial charge in [0.25, 0.3) is 12.0 Å². The van der Waals surface area contributed by atoms with Crippen molar-refractivity contribution in [3.8, 4) is 0 Å². The Morgan fingerprint density at radius 2 is 1.27 bits per heavy atom. The second-order valence-electron chi connectivity index (χ2n) is 5.87. The molecule has 0 atom stereocenters. The molecule has 128 valence electrons. The molecule has 22 heavy (non-hydrogen) atoms. The minimum atomic E-state index is -0.550. The highest BCUT2D eigenvalue weighted by Gasteiger charge is 2.08. The molecule has 0 aliphatic carbocycles. The van der Waals surface area contributed by atoms with Crippen molar-refractivity contribution in [1.29, 1.82) is 0 Å². The first kappa shape index (κ1) is 20.8. The zero-order chi connectivity index (χ0) is 16.5. The van der Waals surface area contributed by atoms with Crippen LogP contribution in [0.5, 0.6) is 0 Å². The van der Waals surface area contributed by atoms with E-state index >= 15 is 0 Å². The molecule has 5 heteroatoms. The predicted molar refractivity (Wildman–Crippen MR) is 87.1 cm³/mol. The Bertz CT molecular complexity index is 315. The number of hydrogen-bond acceptors (Lipinski definition) is 4. The van der Waals surface area contributed by atoms with E-state index in [1.807, 2.05) is 0 Å². The maximum Gasteiger partial charge on any atom is 0.269 e. The van der Waals surface area contributed by atoms with Gasteiger partial charge in [-0.05, 0) is 6.42 Å². The summed E-state index contributed by atoms with van der Waals surface area (Å²) in [5.74, 6) is -0.550. The third-order valence-corrected chi connectivity index (χ3v) is 3.85. The molecule has 1 N–H and O–H groups in total. The van der Waals surface area contributed by atoms with Crippen molar-refractivity contribution in [2.24, 2.45) is 5.10 Å². The molecule has 0 bridgehead atoms. The van der Waals surface area contributed by atoms with Crippen molar-refractivity contribution in [3.05, 3.63) is 0 Å². The maximum atomic E-state index is 11.2. The number of rotatable bonds is 15. The molecule has 0 fully saturated rings. The van der Waals surface area contributed by atoms with E-state index in [-0.39, 0.29) is 11.6 Å². The highest BCUT2D eigenvalue weighted by molar-refractivity contribution is 5.74. The van der Waals surface area contributed by atoms with Gasteiger partial charge in [0, 0.05) is 6.42 Å². The van der Waals surface area contributed by atoms with E-state index in [1.54, 1.807) is 0 Å². The van der Waals surface area contributed by atoms with Crippen molar-refractivity contribution >= 4 is 12.0 Å². The Morgan fingerprint density at radius 1 is 0.864 bits per heavy atom. The summed E-state index contributed by atoms with van der Waals surface area (Å²) < 4.78 is 0. The van der Waals surface area contributed by atoms with Gasteiger partial charge < -0.3 is 0 Å². The number of carbonyl (C=O) groups is 1. The Kier molecular flexibility index (Phi) is 15.3. The topological polar surface area (TPSA) is 70.0 Å². The average Bonchev–Trinajstić information content (AvgIpc) is 2.51. The monoisotopic (exact) mass is 312 g/mol. The summed E-state index contributed by atoms with van der Waals surface area (Å²) in [5, 5.41) is 11.9. The summed E-state index contributed by atoms with van der Waals surface area (Å²) in [7, 11) is 0. The standard InChI is InChI=1S/C17H32N2O3/c1-2-3-4-5-6-7-8-9-10-11-12-13-14-15-17(21)19(22)18-16-20/h22H,2-15H2,1H3. The van der Waals surface area contributed by atoms with Crippen LogP contribution in [-0.4, -0.2) is 22.4 Å². The lowest BCUT2D eigenvalue weighted by atomic mass is 10.0. The molecule has 0 unspecified atom stereocenters. The summed E-state index contributed by atoms with van der Waals surface area (Å²) in [5.41, 5.74) is 0. The molecule has 0 aromatic rings. The fourth-order valence-corrected chi connectivity index (χ4v) is 2.49. The van der Waals surface area contributed by atoms with E-state index in [4.69, 9.17) is 5.21 Å². The van der Waals surface area contributed by atoms with Crippen molar-refractivity contribution in [3.63, 3.8) is 0 Å². The summed E-state index contributed by atoms with van der Waals surface area (Å²) in [6.45, 7) is 2.24. The molecule has 0 spiro atoms. The zero-order valence-corrected chi connectivity index (χ0v) is 14.1. The lowest BCUT2D eigenvalue weighted by Gasteiger charge is -2.06. The average molecular weight is 312 g/mol. The van der Waals surface area contributed by atoms with Crippen molar-refractivity contribution in [1.82, 2.24) is 5.17 Å². The molecule has 0 saturated carbocycles. The van der Waals surface area contributed by atoms with E-state index in [9.17, 15) is 9.59 Å². The fourth-order valence-electron chi connectivity index (χ4n) is 2.49. The number of hydrogen-bond donors (Lipinski definition) is 1. The van der Waals surface area contributed by atoms with Crippen LogP contribution in [0, 0.1) is 0 Å². The van der Waals surface area contributed by atoms with Crippen LogP contribution >= 0.6 is 0 Å². The van der Waals surface area contributed by atoms with Gasteiger partial charge >= 0.3 is 0 Å². The highest BCUT2D eigenvalue weighted by Crippen LogP contribution is 2.13. The van der Waals surface area contributed by atoms with E-state index in [0.717, 1.165) is 25.3 Å². The lowest BCUT2D eigenvalue weighted by molar-refractivity contribution is -0.165. The summed E-state index contributed by atoms with van der Waals surface area (Å²) in [4.78, 5) is 21.1. The molecule has 0 saturated heterocycles. The van der Waals surface area contributed by atoms with Gasteiger partial charge in [-0.2, -0.15) is 0 Å². The molecule has 1 amide bonds. The van der Waals surface area contributed by atoms with Crippen LogP contribution in [0.3, 0.4) is 0 Å².